The zero-order valence-electron chi connectivity index (χ0n) is 22.3. The molecule has 0 radical (unpaired) electrons. The number of rotatable bonds is 10. The number of carbonyl (C=O) groups is 1. The third-order valence-corrected chi connectivity index (χ3v) is 7.40. The van der Waals surface area contributed by atoms with Crippen LogP contribution in [0.2, 0.25) is 0 Å². The van der Waals surface area contributed by atoms with Crippen molar-refractivity contribution in [3.63, 3.8) is 0 Å². The molecular weight excluding hydrogens is 514 g/mol. The average molecular weight is 547 g/mol. The summed E-state index contributed by atoms with van der Waals surface area (Å²) in [6.45, 7) is 2.71. The summed E-state index contributed by atoms with van der Waals surface area (Å²) in [4.78, 5) is 26.3. The van der Waals surface area contributed by atoms with Crippen molar-refractivity contribution >= 4 is 16.9 Å². The van der Waals surface area contributed by atoms with Gasteiger partial charge in [-0.15, -0.1) is 0 Å². The molecule has 0 saturated heterocycles. The molecule has 1 heterocycles. The van der Waals surface area contributed by atoms with Crippen molar-refractivity contribution in [3.05, 3.63) is 116 Å². The number of aliphatic hydroxyl groups excluding tert-OH is 1. The van der Waals surface area contributed by atoms with Crippen molar-refractivity contribution in [2.24, 2.45) is 0 Å². The van der Waals surface area contributed by atoms with Gasteiger partial charge in [0.05, 0.1) is 17.5 Å². The number of carbonyl (C=O) groups excluding carboxylic acids is 1. The van der Waals surface area contributed by atoms with Gasteiger partial charge in [-0.05, 0) is 72.7 Å². The molecule has 6 nitrogen and oxygen atoms in total. The molecule has 0 spiro atoms. The van der Waals surface area contributed by atoms with Crippen LogP contribution in [0.1, 0.15) is 51.7 Å². The first-order valence-electron chi connectivity index (χ1n) is 13.6. The van der Waals surface area contributed by atoms with E-state index >= 15 is 0 Å². The Bertz CT molecular complexity index is 1580. The van der Waals surface area contributed by atoms with Gasteiger partial charge >= 0.3 is 0 Å². The molecule has 1 aromatic heterocycles. The Morgan fingerprint density at radius 2 is 1.77 bits per heavy atom. The van der Waals surface area contributed by atoms with E-state index in [1.807, 2.05) is 18.2 Å². The normalized spacial score (nSPS) is 14.2. The number of amides is 1. The maximum absolute atomic E-state index is 13.9. The van der Waals surface area contributed by atoms with Crippen LogP contribution in [-0.4, -0.2) is 29.7 Å². The molecule has 208 valence electrons. The molecule has 40 heavy (non-hydrogen) atoms. The van der Waals surface area contributed by atoms with Crippen molar-refractivity contribution in [3.8, 4) is 0 Å². The van der Waals surface area contributed by atoms with Gasteiger partial charge in [0.15, 0.2) is 5.43 Å². The van der Waals surface area contributed by atoms with Crippen molar-refractivity contribution in [2.75, 3.05) is 6.54 Å². The van der Waals surface area contributed by atoms with E-state index in [0.717, 1.165) is 30.9 Å². The Hall–Kier alpha value is -3.88. The molecule has 4 aromatic rings. The first-order chi connectivity index (χ1) is 19.3. The molecule has 8 heteroatoms. The van der Waals surface area contributed by atoms with Gasteiger partial charge in [-0.3, -0.25) is 9.59 Å². The lowest BCUT2D eigenvalue weighted by molar-refractivity contribution is 0.0830. The molecule has 0 saturated carbocycles. The highest BCUT2D eigenvalue weighted by atomic mass is 19.1. The molecule has 2 atom stereocenters. The fourth-order valence-electron chi connectivity index (χ4n) is 5.29. The van der Waals surface area contributed by atoms with Crippen LogP contribution < -0.4 is 16.1 Å². The van der Waals surface area contributed by atoms with Crippen LogP contribution in [0.3, 0.4) is 0 Å². The third kappa shape index (κ3) is 6.29. The van der Waals surface area contributed by atoms with Crippen LogP contribution in [0.15, 0.2) is 69.9 Å². The summed E-state index contributed by atoms with van der Waals surface area (Å²) in [6, 6.07) is 15.0. The second kappa shape index (κ2) is 12.1. The van der Waals surface area contributed by atoms with Gasteiger partial charge in [0.1, 0.15) is 23.0 Å². The minimum atomic E-state index is -1.07. The van der Waals surface area contributed by atoms with Crippen LogP contribution in [0.5, 0.6) is 0 Å². The summed E-state index contributed by atoms with van der Waals surface area (Å²) in [5.41, 5.74) is 3.73. The SMILES string of the molecule is CCc1cccc(CNC[C@H](O)[C@H](Cc2cc(F)cc(F)c2)NC(=O)c2ccc3oc4c(c(=O)c3c2)CCC4)c1. The summed E-state index contributed by atoms with van der Waals surface area (Å²) in [5, 5.41) is 17.4. The highest BCUT2D eigenvalue weighted by Crippen LogP contribution is 2.24. The summed E-state index contributed by atoms with van der Waals surface area (Å²) >= 11 is 0. The van der Waals surface area contributed by atoms with Gasteiger partial charge in [0, 0.05) is 36.7 Å². The van der Waals surface area contributed by atoms with Crippen molar-refractivity contribution in [1.29, 1.82) is 0 Å². The molecule has 5 rings (SSSR count). The number of benzene rings is 3. The smallest absolute Gasteiger partial charge is 0.251 e. The number of hydrogen-bond acceptors (Lipinski definition) is 5. The first-order valence-corrected chi connectivity index (χ1v) is 13.6. The number of aliphatic hydroxyl groups is 1. The van der Waals surface area contributed by atoms with Gasteiger partial charge in [0.2, 0.25) is 0 Å². The molecular formula is C32H32F2N2O4. The quantitative estimate of drug-likeness (QED) is 0.270. The van der Waals surface area contributed by atoms with Crippen LogP contribution in [0.4, 0.5) is 8.78 Å². The zero-order valence-corrected chi connectivity index (χ0v) is 22.3. The molecule has 3 aromatic carbocycles. The molecule has 0 fully saturated rings. The third-order valence-electron chi connectivity index (χ3n) is 7.40. The number of aryl methyl sites for hydroxylation is 2. The molecule has 0 aliphatic heterocycles. The highest BCUT2D eigenvalue weighted by molar-refractivity contribution is 5.98. The van der Waals surface area contributed by atoms with Gasteiger partial charge in [-0.25, -0.2) is 8.78 Å². The molecule has 1 amide bonds. The van der Waals surface area contributed by atoms with Crippen LogP contribution in [-0.2, 0) is 32.2 Å². The lowest BCUT2D eigenvalue weighted by atomic mass is 9.99. The Morgan fingerprint density at radius 1 is 1.00 bits per heavy atom. The number of hydrogen-bond donors (Lipinski definition) is 3. The van der Waals surface area contributed by atoms with Gasteiger partial charge in [0.25, 0.3) is 5.91 Å². The number of fused-ring (bicyclic) bond motifs is 2. The van der Waals surface area contributed by atoms with Crippen molar-refractivity contribution in [1.82, 2.24) is 10.6 Å². The number of nitrogens with one attached hydrogen (secondary N) is 2. The van der Waals surface area contributed by atoms with Gasteiger partial charge in [-0.1, -0.05) is 31.2 Å². The summed E-state index contributed by atoms with van der Waals surface area (Å²) < 4.78 is 33.7. The van der Waals surface area contributed by atoms with Crippen LogP contribution >= 0.6 is 0 Å². The van der Waals surface area contributed by atoms with Gasteiger partial charge in [-0.2, -0.15) is 0 Å². The van der Waals surface area contributed by atoms with E-state index in [1.165, 1.54) is 23.8 Å². The second-order valence-electron chi connectivity index (χ2n) is 10.3. The molecule has 1 aliphatic rings. The Balaban J connectivity index is 1.34. The minimum Gasteiger partial charge on any atom is -0.461 e. The standard InChI is InChI=1S/C32H32F2N2O4/c1-2-19-5-3-6-20(11-19)17-35-18-28(37)27(14-21-12-23(33)16-24(34)13-21)36-32(39)22-9-10-30-26(15-22)31(38)25-7-4-8-29(25)40-30/h3,5-6,9-13,15-16,27-28,35,37H,2,4,7-8,14,17-18H2,1H3,(H,36,39)/t27-,28-/m0/s1. The fraction of sp³-hybridized carbons (Fsp3) is 0.312. The highest BCUT2D eigenvalue weighted by Gasteiger charge is 2.24. The van der Waals surface area contributed by atoms with E-state index in [2.05, 4.69) is 23.6 Å². The Labute approximate surface area is 231 Å². The maximum Gasteiger partial charge on any atom is 0.251 e. The summed E-state index contributed by atoms with van der Waals surface area (Å²) in [5.74, 6) is -1.29. The minimum absolute atomic E-state index is 0.00217. The van der Waals surface area contributed by atoms with Crippen LogP contribution in [0.25, 0.3) is 11.0 Å². The second-order valence-corrected chi connectivity index (χ2v) is 10.3. The first kappa shape index (κ1) is 27.7. The van der Waals surface area contributed by atoms with Crippen LogP contribution in [0, 0.1) is 11.6 Å². The predicted octanol–water partition coefficient (Wildman–Crippen LogP) is 4.61. The Kier molecular flexibility index (Phi) is 8.38. The fourth-order valence-corrected chi connectivity index (χ4v) is 5.29. The van der Waals surface area contributed by atoms with E-state index in [-0.39, 0.29) is 24.0 Å². The lowest BCUT2D eigenvalue weighted by Crippen LogP contribution is -2.48. The van der Waals surface area contributed by atoms with Crippen molar-refractivity contribution in [2.45, 2.75) is 57.7 Å². The number of halogens is 2. The topological polar surface area (TPSA) is 91.6 Å². The zero-order chi connectivity index (χ0) is 28.2. The molecule has 3 N–H and O–H groups in total. The predicted molar refractivity (Wildman–Crippen MR) is 149 cm³/mol. The average Bonchev–Trinajstić information content (AvgIpc) is 3.41. The summed E-state index contributed by atoms with van der Waals surface area (Å²) in [6.07, 6.45) is 2.07. The van der Waals surface area contributed by atoms with E-state index in [0.29, 0.717) is 40.8 Å². The molecule has 0 bridgehead atoms. The maximum atomic E-state index is 13.9. The Morgan fingerprint density at radius 3 is 2.55 bits per heavy atom. The van der Waals surface area contributed by atoms with E-state index in [9.17, 15) is 23.5 Å². The van der Waals surface area contributed by atoms with E-state index in [4.69, 9.17) is 4.42 Å². The molecule has 1 aliphatic carbocycles. The monoisotopic (exact) mass is 546 g/mol. The van der Waals surface area contributed by atoms with Gasteiger partial charge < -0.3 is 20.2 Å². The lowest BCUT2D eigenvalue weighted by Gasteiger charge is -2.25. The summed E-state index contributed by atoms with van der Waals surface area (Å²) in [7, 11) is 0. The van der Waals surface area contributed by atoms with E-state index in [1.54, 1.807) is 12.1 Å². The largest absolute Gasteiger partial charge is 0.461 e. The molecule has 0 unspecified atom stereocenters. The van der Waals surface area contributed by atoms with E-state index < -0.39 is 29.7 Å². The van der Waals surface area contributed by atoms with Crippen molar-refractivity contribution < 1.29 is 23.1 Å².